The van der Waals surface area contributed by atoms with E-state index < -0.39 is 0 Å². The van der Waals surface area contributed by atoms with E-state index in [-0.39, 0.29) is 11.3 Å². The molecule has 1 N–H and O–H groups in total. The second-order valence-corrected chi connectivity index (χ2v) is 4.77. The maximum atomic E-state index is 11.5. The number of Topliss-reactive ketones (excluding diaryl/α,β-unsaturated/α-hetero) is 1. The van der Waals surface area contributed by atoms with E-state index in [0.29, 0.717) is 12.8 Å². The van der Waals surface area contributed by atoms with Crippen LogP contribution in [0.3, 0.4) is 0 Å². The van der Waals surface area contributed by atoms with Crippen LogP contribution in [0.2, 0.25) is 0 Å². The van der Waals surface area contributed by atoms with Crippen LogP contribution in [0.5, 0.6) is 0 Å². The van der Waals surface area contributed by atoms with Crippen LogP contribution in [0.4, 0.5) is 0 Å². The molecule has 0 unspecified atom stereocenters. The van der Waals surface area contributed by atoms with E-state index in [1.54, 1.807) is 12.5 Å². The van der Waals surface area contributed by atoms with Crippen molar-refractivity contribution < 1.29 is 9.21 Å². The molecule has 3 heteroatoms. The summed E-state index contributed by atoms with van der Waals surface area (Å²) in [6, 6.07) is 1.83. The zero-order chi connectivity index (χ0) is 11.3. The van der Waals surface area contributed by atoms with Crippen molar-refractivity contribution in [3.63, 3.8) is 0 Å². The molecule has 0 fully saturated rings. The molecule has 0 saturated carbocycles. The lowest BCUT2D eigenvalue weighted by Gasteiger charge is -2.19. The molecule has 0 spiro atoms. The molecule has 1 aromatic rings. The third-order valence-electron chi connectivity index (χ3n) is 2.04. The summed E-state index contributed by atoms with van der Waals surface area (Å²) in [6.07, 6.45) is 4.26. The summed E-state index contributed by atoms with van der Waals surface area (Å²) in [4.78, 5) is 11.5. The van der Waals surface area contributed by atoms with Gasteiger partial charge in [0.25, 0.3) is 0 Å². The first-order chi connectivity index (χ1) is 6.97. The highest BCUT2D eigenvalue weighted by molar-refractivity contribution is 5.80. The van der Waals surface area contributed by atoms with Crippen molar-refractivity contribution in [1.82, 2.24) is 5.32 Å². The molecular weight excluding hydrogens is 190 g/mol. The predicted octanol–water partition coefficient (Wildman–Crippen LogP) is 2.17. The van der Waals surface area contributed by atoms with Crippen molar-refractivity contribution in [3.8, 4) is 0 Å². The Balaban J connectivity index is 2.20. The van der Waals surface area contributed by atoms with Crippen LogP contribution in [-0.2, 0) is 11.2 Å². The number of nitrogens with one attached hydrogen (secondary N) is 1. The molecule has 1 heterocycles. The Bertz CT molecular complexity index is 296. The Kier molecular flexibility index (Phi) is 4.09. The van der Waals surface area contributed by atoms with Crippen molar-refractivity contribution in [1.29, 1.82) is 0 Å². The van der Waals surface area contributed by atoms with Crippen LogP contribution in [-0.4, -0.2) is 17.9 Å². The third-order valence-corrected chi connectivity index (χ3v) is 2.04. The minimum absolute atomic E-state index is 0.0793. The topological polar surface area (TPSA) is 42.2 Å². The lowest BCUT2D eigenvalue weighted by molar-refractivity contribution is -0.118. The molecule has 3 nitrogen and oxygen atoms in total. The minimum Gasteiger partial charge on any atom is -0.472 e. The maximum Gasteiger partial charge on any atom is 0.138 e. The Hall–Kier alpha value is -1.09. The summed E-state index contributed by atoms with van der Waals surface area (Å²) in [5.74, 6) is 0.244. The van der Waals surface area contributed by atoms with Crippen LogP contribution in [0.15, 0.2) is 23.0 Å². The summed E-state index contributed by atoms with van der Waals surface area (Å²) in [5.41, 5.74) is 1.03. The fourth-order valence-electron chi connectivity index (χ4n) is 1.29. The van der Waals surface area contributed by atoms with E-state index >= 15 is 0 Å². The first-order valence-corrected chi connectivity index (χ1v) is 5.25. The molecule has 1 rings (SSSR count). The number of carbonyl (C=O) groups is 1. The summed E-state index contributed by atoms with van der Waals surface area (Å²) >= 11 is 0. The number of hydrogen-bond acceptors (Lipinski definition) is 3. The highest BCUT2D eigenvalue weighted by Crippen LogP contribution is 2.03. The average molecular weight is 209 g/mol. The molecule has 0 radical (unpaired) electrons. The number of hydrogen-bond donors (Lipinski definition) is 1. The molecule has 0 aromatic carbocycles. The third kappa shape index (κ3) is 5.37. The second kappa shape index (κ2) is 5.12. The normalized spacial score (nSPS) is 11.7. The largest absolute Gasteiger partial charge is 0.472 e. The summed E-state index contributed by atoms with van der Waals surface area (Å²) in [5, 5.41) is 3.29. The van der Waals surface area contributed by atoms with Crippen LogP contribution in [0.1, 0.15) is 32.8 Å². The monoisotopic (exact) mass is 209 g/mol. The molecule has 0 aliphatic carbocycles. The van der Waals surface area contributed by atoms with Crippen LogP contribution < -0.4 is 5.32 Å². The first-order valence-electron chi connectivity index (χ1n) is 5.25. The predicted molar refractivity (Wildman–Crippen MR) is 59.8 cm³/mol. The molecule has 1 aromatic heterocycles. The van der Waals surface area contributed by atoms with E-state index in [4.69, 9.17) is 4.42 Å². The zero-order valence-electron chi connectivity index (χ0n) is 9.67. The Morgan fingerprint density at radius 1 is 1.47 bits per heavy atom. The average Bonchev–Trinajstić information content (AvgIpc) is 2.54. The van der Waals surface area contributed by atoms with Gasteiger partial charge in [-0.05, 0) is 32.4 Å². The molecule has 0 amide bonds. The van der Waals surface area contributed by atoms with Crippen molar-refractivity contribution in [2.75, 3.05) is 6.54 Å². The molecule has 15 heavy (non-hydrogen) atoms. The number of ketones is 1. The molecule has 84 valence electrons. The fourth-order valence-corrected chi connectivity index (χ4v) is 1.29. The van der Waals surface area contributed by atoms with Gasteiger partial charge in [0, 0.05) is 24.9 Å². The van der Waals surface area contributed by atoms with Gasteiger partial charge in [-0.15, -0.1) is 0 Å². The van der Waals surface area contributed by atoms with Crippen molar-refractivity contribution >= 4 is 5.78 Å². The van der Waals surface area contributed by atoms with Gasteiger partial charge in [0.05, 0.1) is 12.5 Å². The van der Waals surface area contributed by atoms with Crippen molar-refractivity contribution in [3.05, 3.63) is 24.2 Å². The van der Waals surface area contributed by atoms with E-state index in [1.165, 1.54) is 0 Å². The van der Waals surface area contributed by atoms with Gasteiger partial charge in [-0.1, -0.05) is 0 Å². The van der Waals surface area contributed by atoms with E-state index in [1.807, 2.05) is 6.07 Å². The Morgan fingerprint density at radius 3 is 2.73 bits per heavy atom. The lowest BCUT2D eigenvalue weighted by Crippen LogP contribution is -2.37. The molecule has 0 bridgehead atoms. The van der Waals surface area contributed by atoms with E-state index in [2.05, 4.69) is 26.1 Å². The van der Waals surface area contributed by atoms with Gasteiger partial charge in [-0.2, -0.15) is 0 Å². The second-order valence-electron chi connectivity index (χ2n) is 4.77. The summed E-state index contributed by atoms with van der Waals surface area (Å²) in [6.45, 7) is 7.01. The van der Waals surface area contributed by atoms with Crippen LogP contribution in [0.25, 0.3) is 0 Å². The summed E-state index contributed by atoms with van der Waals surface area (Å²) in [7, 11) is 0. The van der Waals surface area contributed by atoms with Gasteiger partial charge in [0.2, 0.25) is 0 Å². The number of carbonyl (C=O) groups excluding carboxylic acids is 1. The van der Waals surface area contributed by atoms with Gasteiger partial charge < -0.3 is 9.73 Å². The van der Waals surface area contributed by atoms with Crippen LogP contribution in [0, 0.1) is 0 Å². The molecule has 0 atom stereocenters. The first kappa shape index (κ1) is 12.0. The summed E-state index contributed by atoms with van der Waals surface area (Å²) < 4.78 is 4.91. The van der Waals surface area contributed by atoms with Gasteiger partial charge in [-0.25, -0.2) is 0 Å². The van der Waals surface area contributed by atoms with Gasteiger partial charge >= 0.3 is 0 Å². The SMILES string of the molecule is CC(C)(C)NCCC(=O)Cc1ccoc1. The van der Waals surface area contributed by atoms with Gasteiger partial charge in [-0.3, -0.25) is 4.79 Å². The highest BCUT2D eigenvalue weighted by Gasteiger charge is 2.10. The number of furan rings is 1. The molecule has 0 aliphatic heterocycles. The fraction of sp³-hybridized carbons (Fsp3) is 0.583. The molecule has 0 aliphatic rings. The molecule has 0 saturated heterocycles. The maximum absolute atomic E-state index is 11.5. The molecular formula is C12H19NO2. The Morgan fingerprint density at radius 2 is 2.20 bits per heavy atom. The van der Waals surface area contributed by atoms with Crippen molar-refractivity contribution in [2.24, 2.45) is 0 Å². The Labute approximate surface area is 90.9 Å². The van der Waals surface area contributed by atoms with Crippen molar-refractivity contribution in [2.45, 2.75) is 39.2 Å². The van der Waals surface area contributed by atoms with E-state index in [9.17, 15) is 4.79 Å². The zero-order valence-corrected chi connectivity index (χ0v) is 9.67. The highest BCUT2D eigenvalue weighted by atomic mass is 16.3. The van der Waals surface area contributed by atoms with E-state index in [0.717, 1.165) is 12.1 Å². The van der Waals surface area contributed by atoms with Gasteiger partial charge in [0.1, 0.15) is 5.78 Å². The standard InChI is InChI=1S/C12H19NO2/c1-12(2,3)13-6-4-11(14)8-10-5-7-15-9-10/h5,7,9,13H,4,6,8H2,1-3H3. The quantitative estimate of drug-likeness (QED) is 0.808. The number of rotatable bonds is 5. The minimum atomic E-state index is 0.0793. The van der Waals surface area contributed by atoms with Crippen LogP contribution >= 0.6 is 0 Å². The lowest BCUT2D eigenvalue weighted by atomic mass is 10.1. The van der Waals surface area contributed by atoms with Gasteiger partial charge in [0.15, 0.2) is 0 Å². The smallest absolute Gasteiger partial charge is 0.138 e.